The standard InChI is InChI=1S/2C18H36O2.Pb/c2*1-2-3-4-5-6-7-8-9-10-11-12-13-14-15-16-17-18(19)20;/h2*2-17H2,1H3,(H,19,20);/q;;+2/p-2/i2*1D3,2D2,3D2,4D2,5D2,6D2,7D2,8D2,9D2,10D2,11D2,12D2,13D2,14D2,15D2,16D2,17D2;. The Morgan fingerprint density at radius 3 is 0.732 bits per heavy atom. The molecule has 0 aliphatic carbocycles. The van der Waals surface area contributed by atoms with Crippen LogP contribution >= 0.6 is 0 Å². The molecule has 0 heterocycles. The van der Waals surface area contributed by atoms with Gasteiger partial charge in [0.2, 0.25) is 0 Å². The Labute approximate surface area is 375 Å². The molecule has 5 heteroatoms. The number of carboxylic acids is 2. The Kier molecular flexibility index (Phi) is 5.72. The fraction of sp³-hybridized carbons (Fsp3) is 0.944. The Hall–Kier alpha value is -0.138. The first-order valence-corrected chi connectivity index (χ1v) is 9.32. The van der Waals surface area contributed by atoms with Gasteiger partial charge in [-0.3, -0.25) is 0 Å². The molecule has 0 aliphatic heterocycles. The fourth-order valence-corrected chi connectivity index (χ4v) is 0.977. The summed E-state index contributed by atoms with van der Waals surface area (Å²) < 4.78 is 553. The number of hydrogen-bond acceptors (Lipinski definition) is 4. The Morgan fingerprint density at radius 1 is 0.390 bits per heavy atom. The third-order valence-electron chi connectivity index (χ3n) is 2.08. The van der Waals surface area contributed by atoms with Crippen LogP contribution in [-0.4, -0.2) is 39.2 Å². The van der Waals surface area contributed by atoms with Gasteiger partial charge >= 0.3 is 27.3 Å². The van der Waals surface area contributed by atoms with Gasteiger partial charge in [0, 0.05) is 108 Å². The van der Waals surface area contributed by atoms with Gasteiger partial charge < -0.3 is 19.8 Å². The van der Waals surface area contributed by atoms with Crippen LogP contribution < -0.4 is 10.2 Å². The second kappa shape index (κ2) is 42.0. The van der Waals surface area contributed by atoms with E-state index in [-0.39, 0.29) is 27.3 Å². The van der Waals surface area contributed by atoms with E-state index < -0.39 is 230 Å². The van der Waals surface area contributed by atoms with Crippen LogP contribution in [0.5, 0.6) is 0 Å². The molecule has 0 aromatic carbocycles. The van der Waals surface area contributed by atoms with Crippen molar-refractivity contribution in [1.29, 1.82) is 0 Å². The van der Waals surface area contributed by atoms with Crippen molar-refractivity contribution in [3.8, 4) is 0 Å². The van der Waals surface area contributed by atoms with E-state index >= 15 is 0 Å². The van der Waals surface area contributed by atoms with Crippen LogP contribution in [0.3, 0.4) is 0 Å². The number of aliphatic carboxylic acids is 2. The minimum Gasteiger partial charge on any atom is -0.550 e. The minimum absolute atomic E-state index is 0. The molecule has 0 unspecified atom stereocenters. The van der Waals surface area contributed by atoms with Gasteiger partial charge in [-0.25, -0.2) is 0 Å². The van der Waals surface area contributed by atoms with Gasteiger partial charge in [-0.2, -0.15) is 0 Å². The quantitative estimate of drug-likeness (QED) is 0.0633. The summed E-state index contributed by atoms with van der Waals surface area (Å²) in [6.45, 7) is -8.30. The van der Waals surface area contributed by atoms with E-state index in [1.54, 1.807) is 0 Å². The molecular weight excluding hydrogens is 704 g/mol. The summed E-state index contributed by atoms with van der Waals surface area (Å²) in [5.74, 6) is -6.11. The van der Waals surface area contributed by atoms with Crippen LogP contribution in [0.1, 0.15) is 314 Å². The molecule has 4 nitrogen and oxygen atoms in total. The first kappa shape index (κ1) is 5.58. The number of rotatable bonds is 32. The Morgan fingerprint density at radius 2 is 0.561 bits per heavy atom. The summed E-state index contributed by atoms with van der Waals surface area (Å²) >= 11 is 0. The number of hydrogen-bond donors (Lipinski definition) is 0. The van der Waals surface area contributed by atoms with Crippen molar-refractivity contribution < 1.29 is 116 Å². The largest absolute Gasteiger partial charge is 2.00 e. The second-order valence-electron chi connectivity index (χ2n) is 4.57. The fourth-order valence-electron chi connectivity index (χ4n) is 0.977. The molecule has 41 heavy (non-hydrogen) atoms. The van der Waals surface area contributed by atoms with Crippen molar-refractivity contribution in [1.82, 2.24) is 0 Å². The average molecular weight is 845 g/mol. The molecule has 0 fully saturated rings. The van der Waals surface area contributed by atoms with Gasteiger partial charge in [-0.15, -0.1) is 0 Å². The van der Waals surface area contributed by atoms with E-state index in [4.69, 9.17) is 96.0 Å². The normalized spacial score (nSPS) is 47.7. The number of carboxylic acid groups (broad SMARTS) is 2. The summed E-state index contributed by atoms with van der Waals surface area (Å²) in [6, 6.07) is 0. The molecule has 0 N–H and O–H groups in total. The third kappa shape index (κ3) is 49.8. The van der Waals surface area contributed by atoms with Gasteiger partial charge in [0.1, 0.15) is 0 Å². The summed E-state index contributed by atoms with van der Waals surface area (Å²) in [5, 5.41) is 22.5. The van der Waals surface area contributed by atoms with Crippen molar-refractivity contribution in [2.24, 2.45) is 0 Å². The topological polar surface area (TPSA) is 80.3 Å². The molecule has 0 amide bonds. The molecule has 0 atom stereocenters. The van der Waals surface area contributed by atoms with E-state index in [1.165, 1.54) is 0 Å². The maximum absolute atomic E-state index is 11.3. The van der Waals surface area contributed by atoms with Crippen LogP contribution in [0.4, 0.5) is 0 Å². The molecule has 0 saturated heterocycles. The SMILES string of the molecule is [2H]C([2H])([2H])C([2H])([2H])C([2H])([2H])C([2H])([2H])C([2H])([2H])C([2H])([2H])C([2H])([2H])C([2H])([2H])C([2H])([2H])C([2H])([2H])C([2H])([2H])C([2H])([2H])C([2H])([2H])C([2H])([2H])C([2H])([2H])C([2H])([2H])C([2H])([2H])C(=O)[O-].[2H]C([2H])([2H])C([2H])([2H])C([2H])([2H])C([2H])([2H])C([2H])([2H])C([2H])([2H])C([2H])([2H])C([2H])([2H])C([2H])([2H])C([2H])([2H])C([2H])([2H])C([2H])([2H])C([2H])([2H])C([2H])([2H])C([2H])([2H])C([2H])([2H])C([2H])([2H])C(=O)[O-].[Pb+2]. The molecule has 0 aliphatic rings. The maximum atomic E-state index is 11.3. The van der Waals surface area contributed by atoms with Gasteiger partial charge in [0.25, 0.3) is 0 Å². The Bertz CT molecular complexity index is 3110. The van der Waals surface area contributed by atoms with Gasteiger partial charge in [-0.1, -0.05) is 192 Å². The first-order chi connectivity index (χ1) is 45.9. The molecule has 2 radical (unpaired) electrons. The van der Waals surface area contributed by atoms with Crippen LogP contribution in [0, 0.1) is 0 Å². The molecule has 0 saturated carbocycles. The molecule has 0 rings (SSSR count). The molecule has 242 valence electrons. The van der Waals surface area contributed by atoms with Crippen molar-refractivity contribution in [2.45, 2.75) is 218 Å². The van der Waals surface area contributed by atoms with Crippen molar-refractivity contribution in [3.63, 3.8) is 0 Å². The Balaban J connectivity index is -0.00000208. The van der Waals surface area contributed by atoms with E-state index in [2.05, 4.69) is 0 Å². The molecule has 0 spiro atoms. The van der Waals surface area contributed by atoms with Gasteiger partial charge in [0.15, 0.2) is 0 Å². The number of carbonyl (C=O) groups is 2. The third-order valence-corrected chi connectivity index (χ3v) is 2.08. The second-order valence-corrected chi connectivity index (χ2v) is 4.57. The molecular formula is C36H70O4Pb. The first-order valence-electron chi connectivity index (χ1n) is 44.3. The van der Waals surface area contributed by atoms with E-state index in [0.29, 0.717) is 0 Å². The minimum atomic E-state index is -5.26. The average Bonchev–Trinajstić information content (AvgIpc) is 0.678. The summed E-state index contributed by atoms with van der Waals surface area (Å²) in [6.07, 6.45) is -160. The summed E-state index contributed by atoms with van der Waals surface area (Å²) in [4.78, 5) is 22.5. The molecule has 0 aromatic rings. The predicted molar refractivity (Wildman–Crippen MR) is 175 cm³/mol. The van der Waals surface area contributed by atoms with Crippen molar-refractivity contribution in [3.05, 3.63) is 0 Å². The molecule has 0 bridgehead atoms. The van der Waals surface area contributed by atoms with E-state index in [9.17, 15) is 19.8 Å². The zero-order valence-electron chi connectivity index (χ0n) is 90.1. The zero-order valence-corrected chi connectivity index (χ0v) is 24.0. The summed E-state index contributed by atoms with van der Waals surface area (Å²) in [7, 11) is 0. The molecule has 0 aromatic heterocycles. The summed E-state index contributed by atoms with van der Waals surface area (Å²) in [5.41, 5.74) is 0. The monoisotopic (exact) mass is 845 g/mol. The van der Waals surface area contributed by atoms with Crippen LogP contribution in [-0.2, 0) is 9.59 Å². The zero-order chi connectivity index (χ0) is 92.2. The van der Waals surface area contributed by atoms with Gasteiger partial charge in [-0.05, 0) is 25.5 Å². The smallest absolute Gasteiger partial charge is 0.550 e. The van der Waals surface area contributed by atoms with E-state index in [0.717, 1.165) is 0 Å². The van der Waals surface area contributed by atoms with Crippen molar-refractivity contribution in [2.75, 3.05) is 0 Å². The van der Waals surface area contributed by atoms with Crippen molar-refractivity contribution >= 4 is 39.2 Å². The van der Waals surface area contributed by atoms with Crippen LogP contribution in [0.15, 0.2) is 0 Å². The predicted octanol–water partition coefficient (Wildman–Crippen LogP) is 9.61. The maximum Gasteiger partial charge on any atom is 2.00 e. The van der Waals surface area contributed by atoms with Crippen LogP contribution in [0.2, 0.25) is 0 Å². The van der Waals surface area contributed by atoms with Crippen LogP contribution in [0.25, 0.3) is 0 Å². The van der Waals surface area contributed by atoms with Gasteiger partial charge in [0.05, 0.1) is 0 Å². The van der Waals surface area contributed by atoms with E-state index in [1.807, 2.05) is 0 Å². The number of carbonyl (C=O) groups excluding carboxylic acids is 2.